The molecule has 1 N–H and O–H groups in total. The predicted octanol–water partition coefficient (Wildman–Crippen LogP) is 1.81. The molecule has 5 heteroatoms. The second-order valence-corrected chi connectivity index (χ2v) is 4.91. The summed E-state index contributed by atoms with van der Waals surface area (Å²) in [5.41, 5.74) is 4.27. The van der Waals surface area contributed by atoms with Crippen molar-refractivity contribution < 1.29 is 9.47 Å². The third-order valence-electron chi connectivity index (χ3n) is 3.56. The first-order valence-corrected chi connectivity index (χ1v) is 7.14. The van der Waals surface area contributed by atoms with Gasteiger partial charge in [0.1, 0.15) is 18.7 Å². The fourth-order valence-electron chi connectivity index (χ4n) is 2.53. The van der Waals surface area contributed by atoms with Gasteiger partial charge in [-0.1, -0.05) is 12.1 Å². The van der Waals surface area contributed by atoms with Crippen molar-refractivity contribution in [2.75, 3.05) is 26.9 Å². The number of nitrogens with zero attached hydrogens (tertiary/aromatic N) is 2. The quantitative estimate of drug-likeness (QED) is 0.849. The van der Waals surface area contributed by atoms with E-state index in [0.29, 0.717) is 13.2 Å². The summed E-state index contributed by atoms with van der Waals surface area (Å²) in [4.78, 5) is 8.89. The number of aromatic nitrogens is 2. The Morgan fingerprint density at radius 2 is 2.10 bits per heavy atom. The molecule has 1 aliphatic heterocycles. The van der Waals surface area contributed by atoms with Crippen molar-refractivity contribution in [3.05, 3.63) is 41.9 Å². The van der Waals surface area contributed by atoms with Gasteiger partial charge in [0.15, 0.2) is 0 Å². The van der Waals surface area contributed by atoms with Gasteiger partial charge in [0.05, 0.1) is 18.0 Å². The van der Waals surface area contributed by atoms with Gasteiger partial charge in [0.2, 0.25) is 0 Å². The third-order valence-corrected chi connectivity index (χ3v) is 3.56. The van der Waals surface area contributed by atoms with Crippen molar-refractivity contribution in [3.8, 4) is 17.0 Å². The van der Waals surface area contributed by atoms with Crippen LogP contribution in [0.2, 0.25) is 0 Å². The summed E-state index contributed by atoms with van der Waals surface area (Å²) < 4.78 is 10.9. The second kappa shape index (κ2) is 6.65. The van der Waals surface area contributed by atoms with Crippen molar-refractivity contribution >= 4 is 0 Å². The molecule has 0 fully saturated rings. The number of para-hydroxylation sites is 1. The second-order valence-electron chi connectivity index (χ2n) is 4.91. The molecule has 1 aromatic carbocycles. The van der Waals surface area contributed by atoms with E-state index in [0.717, 1.165) is 42.2 Å². The highest BCUT2D eigenvalue weighted by Gasteiger charge is 2.18. The summed E-state index contributed by atoms with van der Waals surface area (Å²) in [6.45, 7) is 2.87. The first-order valence-electron chi connectivity index (χ1n) is 7.14. The molecule has 5 nitrogen and oxygen atoms in total. The summed E-state index contributed by atoms with van der Waals surface area (Å²) in [5, 5.41) is 3.38. The molecule has 110 valence electrons. The highest BCUT2D eigenvalue weighted by molar-refractivity contribution is 5.70. The fourth-order valence-corrected chi connectivity index (χ4v) is 2.53. The van der Waals surface area contributed by atoms with Crippen LogP contribution >= 0.6 is 0 Å². The maximum atomic E-state index is 5.82. The maximum Gasteiger partial charge on any atom is 0.128 e. The van der Waals surface area contributed by atoms with E-state index in [-0.39, 0.29) is 0 Å². The van der Waals surface area contributed by atoms with Gasteiger partial charge in [-0.05, 0) is 12.1 Å². The Bertz CT molecular complexity index is 616. The topological polar surface area (TPSA) is 56.3 Å². The Morgan fingerprint density at radius 1 is 1.19 bits per heavy atom. The van der Waals surface area contributed by atoms with Gasteiger partial charge in [0, 0.05) is 37.7 Å². The standard InChI is InChI=1S/C16H19N3O2/c1-20-8-9-21-15-5-3-2-4-12(15)16-13-10-17-7-6-14(13)18-11-19-16/h2-5,11,17H,6-10H2,1H3. The fraction of sp³-hybridized carbons (Fsp3) is 0.375. The van der Waals surface area contributed by atoms with Crippen LogP contribution in [-0.2, 0) is 17.7 Å². The monoisotopic (exact) mass is 285 g/mol. The van der Waals surface area contributed by atoms with Crippen LogP contribution in [0.5, 0.6) is 5.75 Å². The average molecular weight is 285 g/mol. The molecule has 0 amide bonds. The lowest BCUT2D eigenvalue weighted by Crippen LogP contribution is -2.25. The van der Waals surface area contributed by atoms with Crippen molar-refractivity contribution in [3.63, 3.8) is 0 Å². The van der Waals surface area contributed by atoms with E-state index in [4.69, 9.17) is 9.47 Å². The molecule has 0 bridgehead atoms. The highest BCUT2D eigenvalue weighted by atomic mass is 16.5. The number of benzene rings is 1. The third kappa shape index (κ3) is 3.04. The number of hydrogen-bond acceptors (Lipinski definition) is 5. The molecule has 0 saturated heterocycles. The van der Waals surface area contributed by atoms with E-state index < -0.39 is 0 Å². The molecule has 2 heterocycles. The summed E-state index contributed by atoms with van der Waals surface area (Å²) in [6, 6.07) is 7.98. The van der Waals surface area contributed by atoms with E-state index in [2.05, 4.69) is 15.3 Å². The van der Waals surface area contributed by atoms with Crippen LogP contribution in [0.3, 0.4) is 0 Å². The van der Waals surface area contributed by atoms with Crippen LogP contribution in [-0.4, -0.2) is 36.8 Å². The molecule has 0 unspecified atom stereocenters. The Balaban J connectivity index is 1.97. The van der Waals surface area contributed by atoms with Crippen molar-refractivity contribution in [2.24, 2.45) is 0 Å². The van der Waals surface area contributed by atoms with Gasteiger partial charge < -0.3 is 14.8 Å². The lowest BCUT2D eigenvalue weighted by Gasteiger charge is -2.19. The molecule has 0 radical (unpaired) electrons. The zero-order chi connectivity index (χ0) is 14.5. The minimum atomic E-state index is 0.527. The maximum absolute atomic E-state index is 5.82. The number of nitrogens with one attached hydrogen (secondary N) is 1. The van der Waals surface area contributed by atoms with E-state index in [1.54, 1.807) is 13.4 Å². The Labute approximate surface area is 124 Å². The number of ether oxygens (including phenoxy) is 2. The van der Waals surface area contributed by atoms with Crippen molar-refractivity contribution in [2.45, 2.75) is 13.0 Å². The van der Waals surface area contributed by atoms with Gasteiger partial charge in [0.25, 0.3) is 0 Å². The van der Waals surface area contributed by atoms with Gasteiger partial charge in [-0.15, -0.1) is 0 Å². The Morgan fingerprint density at radius 3 is 3.00 bits per heavy atom. The first-order chi connectivity index (χ1) is 10.4. The number of hydrogen-bond donors (Lipinski definition) is 1. The Hall–Kier alpha value is -1.98. The molecular weight excluding hydrogens is 266 g/mol. The highest BCUT2D eigenvalue weighted by Crippen LogP contribution is 2.32. The minimum absolute atomic E-state index is 0.527. The molecule has 0 atom stereocenters. The van der Waals surface area contributed by atoms with Crippen LogP contribution in [0.25, 0.3) is 11.3 Å². The van der Waals surface area contributed by atoms with Gasteiger partial charge in [-0.3, -0.25) is 0 Å². The average Bonchev–Trinajstić information content (AvgIpc) is 2.55. The van der Waals surface area contributed by atoms with E-state index in [1.807, 2.05) is 24.3 Å². The minimum Gasteiger partial charge on any atom is -0.490 e. The van der Waals surface area contributed by atoms with Crippen LogP contribution in [0, 0.1) is 0 Å². The van der Waals surface area contributed by atoms with Gasteiger partial charge in [-0.25, -0.2) is 9.97 Å². The molecule has 1 aliphatic rings. The number of fused-ring (bicyclic) bond motifs is 1. The van der Waals surface area contributed by atoms with Crippen molar-refractivity contribution in [1.29, 1.82) is 0 Å². The molecular formula is C16H19N3O2. The summed E-state index contributed by atoms with van der Waals surface area (Å²) in [5.74, 6) is 0.834. The van der Waals surface area contributed by atoms with Crippen LogP contribution < -0.4 is 10.1 Å². The number of methoxy groups -OCH3 is 1. The lowest BCUT2D eigenvalue weighted by atomic mass is 10.00. The molecule has 0 aliphatic carbocycles. The van der Waals surface area contributed by atoms with Crippen LogP contribution in [0.4, 0.5) is 0 Å². The molecule has 3 rings (SSSR count). The summed E-state index contributed by atoms with van der Waals surface area (Å²) >= 11 is 0. The van der Waals surface area contributed by atoms with Gasteiger partial charge >= 0.3 is 0 Å². The number of rotatable bonds is 5. The lowest BCUT2D eigenvalue weighted by molar-refractivity contribution is 0.146. The molecule has 0 saturated carbocycles. The van der Waals surface area contributed by atoms with Crippen LogP contribution in [0.1, 0.15) is 11.3 Å². The smallest absolute Gasteiger partial charge is 0.128 e. The van der Waals surface area contributed by atoms with Crippen LogP contribution in [0.15, 0.2) is 30.6 Å². The molecule has 21 heavy (non-hydrogen) atoms. The summed E-state index contributed by atoms with van der Waals surface area (Å²) in [6.07, 6.45) is 2.59. The zero-order valence-corrected chi connectivity index (χ0v) is 12.1. The molecule has 2 aromatic rings. The molecule has 0 spiro atoms. The van der Waals surface area contributed by atoms with E-state index in [1.165, 1.54) is 5.56 Å². The molecule has 1 aromatic heterocycles. The summed E-state index contributed by atoms with van der Waals surface area (Å²) in [7, 11) is 1.67. The normalized spacial score (nSPS) is 13.8. The predicted molar refractivity (Wildman–Crippen MR) is 80.2 cm³/mol. The SMILES string of the molecule is COCCOc1ccccc1-c1ncnc2c1CNCC2. The Kier molecular flexibility index (Phi) is 4.43. The van der Waals surface area contributed by atoms with Gasteiger partial charge in [-0.2, -0.15) is 0 Å². The van der Waals surface area contributed by atoms with E-state index in [9.17, 15) is 0 Å². The first kappa shape index (κ1) is 14.0. The largest absolute Gasteiger partial charge is 0.490 e. The zero-order valence-electron chi connectivity index (χ0n) is 12.1. The van der Waals surface area contributed by atoms with Crippen molar-refractivity contribution in [1.82, 2.24) is 15.3 Å². The van der Waals surface area contributed by atoms with E-state index >= 15 is 0 Å².